The molecule has 2 N–H and O–H groups in total. The Morgan fingerprint density at radius 1 is 0.861 bits per heavy atom. The second-order valence-electron chi connectivity index (χ2n) is 8.21. The SMILES string of the molecule is COc1ccc(OC)c(N2C(=O)C(Cl)=C(Nc3cccc(C(=O)Nc4cc(C)cc(C)c4)c3)C2=O)c1. The summed E-state index contributed by atoms with van der Waals surface area (Å²) in [5.74, 6) is -0.957. The lowest BCUT2D eigenvalue weighted by atomic mass is 10.1. The van der Waals surface area contributed by atoms with Crippen molar-refractivity contribution in [3.63, 3.8) is 0 Å². The van der Waals surface area contributed by atoms with Gasteiger partial charge in [-0.1, -0.05) is 23.7 Å². The minimum absolute atomic E-state index is 0.113. The highest BCUT2D eigenvalue weighted by Gasteiger charge is 2.40. The molecule has 0 saturated carbocycles. The van der Waals surface area contributed by atoms with Crippen molar-refractivity contribution in [3.8, 4) is 11.5 Å². The van der Waals surface area contributed by atoms with Crippen LogP contribution in [0.4, 0.5) is 17.1 Å². The zero-order chi connectivity index (χ0) is 26.0. The van der Waals surface area contributed by atoms with Gasteiger partial charge in [-0.05, 0) is 67.4 Å². The lowest BCUT2D eigenvalue weighted by molar-refractivity contribution is -0.120. The molecule has 36 heavy (non-hydrogen) atoms. The van der Waals surface area contributed by atoms with E-state index in [9.17, 15) is 14.4 Å². The number of anilines is 3. The predicted octanol–water partition coefficient (Wildman–Crippen LogP) is 5.01. The number of nitrogens with one attached hydrogen (secondary N) is 2. The molecule has 8 nitrogen and oxygen atoms in total. The van der Waals surface area contributed by atoms with Gasteiger partial charge in [-0.15, -0.1) is 0 Å². The van der Waals surface area contributed by atoms with E-state index in [4.69, 9.17) is 21.1 Å². The van der Waals surface area contributed by atoms with Crippen LogP contribution in [-0.4, -0.2) is 31.9 Å². The van der Waals surface area contributed by atoms with Crippen molar-refractivity contribution >= 4 is 46.4 Å². The fraction of sp³-hybridized carbons (Fsp3) is 0.148. The highest BCUT2D eigenvalue weighted by molar-refractivity contribution is 6.53. The number of aryl methyl sites for hydroxylation is 2. The number of carbonyl (C=O) groups excluding carboxylic acids is 3. The van der Waals surface area contributed by atoms with Crippen LogP contribution < -0.4 is 25.0 Å². The van der Waals surface area contributed by atoms with Gasteiger partial charge in [0, 0.05) is 23.0 Å². The second kappa shape index (κ2) is 10.1. The number of halogens is 1. The van der Waals surface area contributed by atoms with E-state index in [1.807, 2.05) is 32.0 Å². The number of imide groups is 1. The summed E-state index contributed by atoms with van der Waals surface area (Å²) in [6.45, 7) is 3.91. The lowest BCUT2D eigenvalue weighted by Gasteiger charge is -2.19. The molecule has 0 atom stereocenters. The van der Waals surface area contributed by atoms with E-state index in [-0.39, 0.29) is 22.3 Å². The van der Waals surface area contributed by atoms with E-state index >= 15 is 0 Å². The summed E-state index contributed by atoms with van der Waals surface area (Å²) in [5, 5.41) is 5.49. The summed E-state index contributed by atoms with van der Waals surface area (Å²) in [7, 11) is 2.90. The van der Waals surface area contributed by atoms with Crippen molar-refractivity contribution in [3.05, 3.63) is 88.1 Å². The molecule has 0 saturated heterocycles. The van der Waals surface area contributed by atoms with E-state index in [1.54, 1.807) is 36.4 Å². The molecule has 9 heteroatoms. The number of methoxy groups -OCH3 is 2. The molecule has 0 aliphatic carbocycles. The summed E-state index contributed by atoms with van der Waals surface area (Å²) >= 11 is 6.28. The smallest absolute Gasteiger partial charge is 0.283 e. The summed E-state index contributed by atoms with van der Waals surface area (Å²) in [6.07, 6.45) is 0. The molecule has 3 aromatic carbocycles. The Morgan fingerprint density at radius 2 is 1.58 bits per heavy atom. The fourth-order valence-corrected chi connectivity index (χ4v) is 4.15. The van der Waals surface area contributed by atoms with Crippen LogP contribution in [0.1, 0.15) is 21.5 Å². The number of amides is 3. The van der Waals surface area contributed by atoms with Crippen molar-refractivity contribution < 1.29 is 23.9 Å². The molecule has 184 valence electrons. The van der Waals surface area contributed by atoms with Crippen molar-refractivity contribution in [2.24, 2.45) is 0 Å². The standard InChI is InChI=1S/C27H24ClN3O5/c1-15-10-16(2)12-19(11-15)30-25(32)17-6-5-7-18(13-17)29-24-23(28)26(33)31(27(24)34)21-14-20(35-3)8-9-22(21)36-4/h5-14,29H,1-4H3,(H,30,32). The van der Waals surface area contributed by atoms with Crippen LogP contribution in [-0.2, 0) is 9.59 Å². The van der Waals surface area contributed by atoms with Crippen LogP contribution in [0.5, 0.6) is 11.5 Å². The zero-order valence-corrected chi connectivity index (χ0v) is 20.9. The van der Waals surface area contributed by atoms with E-state index in [0.717, 1.165) is 16.0 Å². The Bertz CT molecular complexity index is 1400. The maximum atomic E-state index is 13.2. The highest BCUT2D eigenvalue weighted by Crippen LogP contribution is 2.38. The topological polar surface area (TPSA) is 97.0 Å². The number of nitrogens with zero attached hydrogens (tertiary/aromatic N) is 1. The minimum atomic E-state index is -0.709. The summed E-state index contributed by atoms with van der Waals surface area (Å²) < 4.78 is 10.5. The average Bonchev–Trinajstić information content (AvgIpc) is 3.06. The van der Waals surface area contributed by atoms with E-state index in [2.05, 4.69) is 10.6 Å². The maximum absolute atomic E-state index is 13.2. The third kappa shape index (κ3) is 4.89. The summed E-state index contributed by atoms with van der Waals surface area (Å²) in [6, 6.07) is 17.1. The second-order valence-corrected chi connectivity index (χ2v) is 8.59. The van der Waals surface area contributed by atoms with Crippen molar-refractivity contribution in [1.82, 2.24) is 0 Å². The molecule has 3 amide bonds. The molecule has 0 unspecified atom stereocenters. The molecule has 4 rings (SSSR count). The van der Waals surface area contributed by atoms with Gasteiger partial charge in [0.25, 0.3) is 17.7 Å². The molecule has 1 aliphatic heterocycles. The van der Waals surface area contributed by atoms with Gasteiger partial charge < -0.3 is 20.1 Å². The molecule has 0 bridgehead atoms. The molecular weight excluding hydrogens is 482 g/mol. The first-order valence-electron chi connectivity index (χ1n) is 11.0. The molecule has 0 fully saturated rings. The summed E-state index contributed by atoms with van der Waals surface area (Å²) in [4.78, 5) is 39.9. The minimum Gasteiger partial charge on any atom is -0.497 e. The fourth-order valence-electron chi connectivity index (χ4n) is 3.93. The number of rotatable bonds is 7. The molecular formula is C27H24ClN3O5. The average molecular weight is 506 g/mol. The van der Waals surface area contributed by atoms with Crippen molar-refractivity contribution in [2.45, 2.75) is 13.8 Å². The molecule has 0 aromatic heterocycles. The Kier molecular flexibility index (Phi) is 6.98. The van der Waals surface area contributed by atoms with E-state index in [0.29, 0.717) is 28.4 Å². The van der Waals surface area contributed by atoms with Crippen LogP contribution in [0.3, 0.4) is 0 Å². The van der Waals surface area contributed by atoms with Gasteiger partial charge in [-0.25, -0.2) is 4.90 Å². The highest BCUT2D eigenvalue weighted by atomic mass is 35.5. The third-order valence-corrected chi connectivity index (χ3v) is 5.88. The van der Waals surface area contributed by atoms with Crippen LogP contribution in [0.2, 0.25) is 0 Å². The molecule has 0 spiro atoms. The normalized spacial score (nSPS) is 13.2. The van der Waals surface area contributed by atoms with Gasteiger partial charge in [0.05, 0.1) is 19.9 Å². The number of ether oxygens (including phenoxy) is 2. The number of hydrogen-bond donors (Lipinski definition) is 2. The van der Waals surface area contributed by atoms with Crippen LogP contribution in [0.15, 0.2) is 71.4 Å². The van der Waals surface area contributed by atoms with Crippen LogP contribution in [0.25, 0.3) is 0 Å². The third-order valence-electron chi connectivity index (χ3n) is 5.53. The largest absolute Gasteiger partial charge is 0.497 e. The Labute approximate surface area is 213 Å². The molecule has 1 heterocycles. The van der Waals surface area contributed by atoms with Crippen molar-refractivity contribution in [1.29, 1.82) is 0 Å². The van der Waals surface area contributed by atoms with E-state index < -0.39 is 11.8 Å². The molecule has 0 radical (unpaired) electrons. The van der Waals surface area contributed by atoms with Gasteiger partial charge in [0.2, 0.25) is 0 Å². The molecule has 3 aromatic rings. The first-order chi connectivity index (χ1) is 17.2. The monoisotopic (exact) mass is 505 g/mol. The van der Waals surface area contributed by atoms with Gasteiger partial charge in [-0.2, -0.15) is 0 Å². The Hall–Kier alpha value is -4.30. The summed E-state index contributed by atoms with van der Waals surface area (Å²) in [5.41, 5.74) is 3.60. The predicted molar refractivity (Wildman–Crippen MR) is 139 cm³/mol. The molecule has 1 aliphatic rings. The first-order valence-corrected chi connectivity index (χ1v) is 11.4. The Balaban J connectivity index is 1.58. The lowest BCUT2D eigenvalue weighted by Crippen LogP contribution is -2.32. The number of carbonyl (C=O) groups is 3. The van der Waals surface area contributed by atoms with Crippen LogP contribution >= 0.6 is 11.6 Å². The van der Waals surface area contributed by atoms with Gasteiger partial charge in [0.1, 0.15) is 22.2 Å². The van der Waals surface area contributed by atoms with Crippen molar-refractivity contribution in [2.75, 3.05) is 29.8 Å². The van der Waals surface area contributed by atoms with Gasteiger partial charge in [-0.3, -0.25) is 14.4 Å². The van der Waals surface area contributed by atoms with Gasteiger partial charge >= 0.3 is 0 Å². The number of benzene rings is 3. The number of hydrogen-bond acceptors (Lipinski definition) is 6. The first kappa shape index (κ1) is 24.8. The maximum Gasteiger partial charge on any atom is 0.283 e. The van der Waals surface area contributed by atoms with Gasteiger partial charge in [0.15, 0.2) is 0 Å². The quantitative estimate of drug-likeness (QED) is 0.438. The Morgan fingerprint density at radius 3 is 2.25 bits per heavy atom. The zero-order valence-electron chi connectivity index (χ0n) is 20.1. The van der Waals surface area contributed by atoms with Crippen LogP contribution in [0, 0.1) is 13.8 Å². The van der Waals surface area contributed by atoms with E-state index in [1.165, 1.54) is 20.3 Å².